The summed E-state index contributed by atoms with van der Waals surface area (Å²) in [6.45, 7) is 3.91. The topological polar surface area (TPSA) is 77.5 Å². The number of furan rings is 1. The molecule has 0 bridgehead atoms. The molecule has 3 aromatic rings. The van der Waals surface area contributed by atoms with Crippen molar-refractivity contribution in [3.05, 3.63) is 59.4 Å². The standard InChI is InChI=1S/C20H22N2O3.ClH/c1-12-17-11-16(24-3)8-9-18(17)25-20(12)13(2)22-19(23)10-14-4-6-15(21)7-5-14;/h4-9,11,13H,10,21H2,1-3H3,(H,22,23);1H. The Morgan fingerprint density at radius 3 is 2.58 bits per heavy atom. The van der Waals surface area contributed by atoms with Gasteiger partial charge in [0.15, 0.2) is 0 Å². The molecule has 0 spiro atoms. The molecule has 0 aliphatic carbocycles. The molecule has 0 radical (unpaired) electrons. The summed E-state index contributed by atoms with van der Waals surface area (Å²) in [5, 5.41) is 3.99. The number of nitrogens with one attached hydrogen (secondary N) is 1. The van der Waals surface area contributed by atoms with Crippen LogP contribution < -0.4 is 15.8 Å². The van der Waals surface area contributed by atoms with Crippen molar-refractivity contribution in [3.63, 3.8) is 0 Å². The van der Waals surface area contributed by atoms with Crippen molar-refractivity contribution in [2.45, 2.75) is 26.3 Å². The van der Waals surface area contributed by atoms with E-state index in [9.17, 15) is 4.79 Å². The van der Waals surface area contributed by atoms with Crippen molar-refractivity contribution in [2.75, 3.05) is 12.8 Å². The molecule has 1 unspecified atom stereocenters. The number of nitrogen functional groups attached to an aromatic ring is 1. The molecule has 1 aromatic heterocycles. The van der Waals surface area contributed by atoms with Gasteiger partial charge < -0.3 is 20.2 Å². The van der Waals surface area contributed by atoms with Gasteiger partial charge in [0.2, 0.25) is 5.91 Å². The highest BCUT2D eigenvalue weighted by atomic mass is 35.5. The summed E-state index contributed by atoms with van der Waals surface area (Å²) in [6.07, 6.45) is 0.303. The van der Waals surface area contributed by atoms with Gasteiger partial charge in [-0.1, -0.05) is 12.1 Å². The molecule has 2 aromatic carbocycles. The number of benzene rings is 2. The summed E-state index contributed by atoms with van der Waals surface area (Å²) in [5.74, 6) is 1.48. The van der Waals surface area contributed by atoms with Crippen molar-refractivity contribution in [1.29, 1.82) is 0 Å². The van der Waals surface area contributed by atoms with Crippen LogP contribution in [0.2, 0.25) is 0 Å². The summed E-state index contributed by atoms with van der Waals surface area (Å²) in [6, 6.07) is 12.8. The van der Waals surface area contributed by atoms with Crippen molar-refractivity contribution < 1.29 is 13.9 Å². The zero-order valence-electron chi connectivity index (χ0n) is 15.0. The number of rotatable bonds is 5. The second kappa shape index (κ2) is 8.15. The SMILES string of the molecule is COc1ccc2oc(C(C)NC(=O)Cc3ccc(N)cc3)c(C)c2c1.Cl. The molecule has 0 saturated heterocycles. The fourth-order valence-electron chi connectivity index (χ4n) is 2.94. The molecule has 0 aliphatic rings. The van der Waals surface area contributed by atoms with Crippen LogP contribution in [0.15, 0.2) is 46.9 Å². The van der Waals surface area contributed by atoms with Gasteiger partial charge >= 0.3 is 0 Å². The Balaban J connectivity index is 0.00000243. The fourth-order valence-corrected chi connectivity index (χ4v) is 2.94. The Hall–Kier alpha value is -2.66. The van der Waals surface area contributed by atoms with Crippen LogP contribution in [0.25, 0.3) is 11.0 Å². The summed E-state index contributed by atoms with van der Waals surface area (Å²) in [7, 11) is 1.64. The predicted octanol–water partition coefficient (Wildman–Crippen LogP) is 4.17. The van der Waals surface area contributed by atoms with Gasteiger partial charge in [0, 0.05) is 16.6 Å². The van der Waals surface area contributed by atoms with Gasteiger partial charge in [0.25, 0.3) is 0 Å². The minimum absolute atomic E-state index is 0. The number of carbonyl (C=O) groups is 1. The second-order valence-corrected chi connectivity index (χ2v) is 6.16. The first-order valence-electron chi connectivity index (χ1n) is 8.18. The number of nitrogens with two attached hydrogens (primary N) is 1. The van der Waals surface area contributed by atoms with Gasteiger partial charge in [0.05, 0.1) is 19.6 Å². The van der Waals surface area contributed by atoms with E-state index in [0.29, 0.717) is 12.1 Å². The third-order valence-corrected chi connectivity index (χ3v) is 4.30. The number of anilines is 1. The number of carbonyl (C=O) groups excluding carboxylic acids is 1. The van der Waals surface area contributed by atoms with Crippen LogP contribution in [0.4, 0.5) is 5.69 Å². The molecular formula is C20H23ClN2O3. The summed E-state index contributed by atoms with van der Waals surface area (Å²) >= 11 is 0. The maximum absolute atomic E-state index is 12.3. The lowest BCUT2D eigenvalue weighted by molar-refractivity contribution is -0.121. The van der Waals surface area contributed by atoms with E-state index in [1.165, 1.54) is 0 Å². The number of fused-ring (bicyclic) bond motifs is 1. The number of halogens is 1. The van der Waals surface area contributed by atoms with E-state index in [4.69, 9.17) is 14.9 Å². The molecule has 138 valence electrons. The van der Waals surface area contributed by atoms with Crippen molar-refractivity contribution in [1.82, 2.24) is 5.32 Å². The summed E-state index contributed by atoms with van der Waals surface area (Å²) in [5.41, 5.74) is 9.07. The van der Waals surface area contributed by atoms with Crippen molar-refractivity contribution in [2.24, 2.45) is 0 Å². The number of hydrogen-bond acceptors (Lipinski definition) is 4. The molecule has 0 aliphatic heterocycles. The van der Waals surface area contributed by atoms with Crippen LogP contribution in [0, 0.1) is 6.92 Å². The first-order chi connectivity index (χ1) is 12.0. The highest BCUT2D eigenvalue weighted by molar-refractivity contribution is 5.85. The monoisotopic (exact) mass is 374 g/mol. The van der Waals surface area contributed by atoms with E-state index >= 15 is 0 Å². The minimum Gasteiger partial charge on any atom is -0.497 e. The number of ether oxygens (including phenoxy) is 1. The first kappa shape index (κ1) is 19.7. The molecular weight excluding hydrogens is 352 g/mol. The average molecular weight is 375 g/mol. The van der Waals surface area contributed by atoms with E-state index in [-0.39, 0.29) is 24.4 Å². The molecule has 0 saturated carbocycles. The van der Waals surface area contributed by atoms with Gasteiger partial charge in [-0.2, -0.15) is 0 Å². The van der Waals surface area contributed by atoms with Gasteiger partial charge in [-0.25, -0.2) is 0 Å². The van der Waals surface area contributed by atoms with Crippen molar-refractivity contribution >= 4 is 35.0 Å². The molecule has 1 amide bonds. The lowest BCUT2D eigenvalue weighted by atomic mass is 10.1. The Labute approximate surface area is 158 Å². The van der Waals surface area contributed by atoms with Crippen LogP contribution in [0.1, 0.15) is 29.9 Å². The van der Waals surface area contributed by atoms with Gasteiger partial charge in [0.1, 0.15) is 17.1 Å². The summed E-state index contributed by atoms with van der Waals surface area (Å²) in [4.78, 5) is 12.3. The second-order valence-electron chi connectivity index (χ2n) is 6.16. The van der Waals surface area contributed by atoms with E-state index in [1.54, 1.807) is 19.2 Å². The van der Waals surface area contributed by atoms with E-state index in [1.807, 2.05) is 44.2 Å². The maximum Gasteiger partial charge on any atom is 0.224 e. The number of aryl methyl sites for hydroxylation is 1. The van der Waals surface area contributed by atoms with Gasteiger partial charge in [-0.05, 0) is 49.7 Å². The highest BCUT2D eigenvalue weighted by Crippen LogP contribution is 2.31. The molecule has 3 rings (SSSR count). The fraction of sp³-hybridized carbons (Fsp3) is 0.250. The Morgan fingerprint density at radius 2 is 1.92 bits per heavy atom. The largest absolute Gasteiger partial charge is 0.497 e. The number of hydrogen-bond donors (Lipinski definition) is 2. The number of amides is 1. The quantitative estimate of drug-likeness (QED) is 0.657. The van der Waals surface area contributed by atoms with E-state index in [0.717, 1.165) is 33.6 Å². The third-order valence-electron chi connectivity index (χ3n) is 4.30. The minimum atomic E-state index is -0.223. The first-order valence-corrected chi connectivity index (χ1v) is 8.18. The predicted molar refractivity (Wildman–Crippen MR) is 106 cm³/mol. The molecule has 1 heterocycles. The smallest absolute Gasteiger partial charge is 0.224 e. The van der Waals surface area contributed by atoms with E-state index in [2.05, 4.69) is 5.32 Å². The van der Waals surface area contributed by atoms with Crippen LogP contribution in [0.5, 0.6) is 5.75 Å². The van der Waals surface area contributed by atoms with Crippen LogP contribution >= 0.6 is 12.4 Å². The molecule has 1 atom stereocenters. The van der Waals surface area contributed by atoms with E-state index < -0.39 is 0 Å². The lowest BCUT2D eigenvalue weighted by Crippen LogP contribution is -2.28. The van der Waals surface area contributed by atoms with Gasteiger partial charge in [-0.15, -0.1) is 12.4 Å². The lowest BCUT2D eigenvalue weighted by Gasteiger charge is -2.12. The van der Waals surface area contributed by atoms with Crippen LogP contribution in [0.3, 0.4) is 0 Å². The normalized spacial score (nSPS) is 11.7. The zero-order valence-corrected chi connectivity index (χ0v) is 15.9. The average Bonchev–Trinajstić information content (AvgIpc) is 2.93. The Morgan fingerprint density at radius 1 is 1.23 bits per heavy atom. The molecule has 0 fully saturated rings. The highest BCUT2D eigenvalue weighted by Gasteiger charge is 2.19. The van der Waals surface area contributed by atoms with Crippen molar-refractivity contribution in [3.8, 4) is 5.75 Å². The van der Waals surface area contributed by atoms with Crippen LogP contribution in [-0.4, -0.2) is 13.0 Å². The molecule has 26 heavy (non-hydrogen) atoms. The molecule has 3 N–H and O–H groups in total. The molecule has 5 nitrogen and oxygen atoms in total. The Kier molecular flexibility index (Phi) is 6.16. The Bertz CT molecular complexity index is 903. The summed E-state index contributed by atoms with van der Waals surface area (Å²) < 4.78 is 11.2. The number of methoxy groups -OCH3 is 1. The molecule has 6 heteroatoms. The van der Waals surface area contributed by atoms with Crippen LogP contribution in [-0.2, 0) is 11.2 Å². The maximum atomic E-state index is 12.3. The zero-order chi connectivity index (χ0) is 18.0. The third kappa shape index (κ3) is 4.11. The van der Waals surface area contributed by atoms with Gasteiger partial charge in [-0.3, -0.25) is 4.79 Å².